The van der Waals surface area contributed by atoms with Gasteiger partial charge < -0.3 is 14.8 Å². The van der Waals surface area contributed by atoms with Crippen molar-refractivity contribution in [2.75, 3.05) is 25.6 Å². The highest BCUT2D eigenvalue weighted by Gasteiger charge is 2.31. The molecule has 1 heterocycles. The lowest BCUT2D eigenvalue weighted by Gasteiger charge is -2.15. The molecule has 0 fully saturated rings. The van der Waals surface area contributed by atoms with Crippen LogP contribution in [0.4, 0.5) is 18.9 Å². The lowest BCUT2D eigenvalue weighted by atomic mass is 10.1. The van der Waals surface area contributed by atoms with Gasteiger partial charge in [0.05, 0.1) is 22.7 Å². The van der Waals surface area contributed by atoms with Gasteiger partial charge in [0.25, 0.3) is 5.91 Å². The second kappa shape index (κ2) is 9.23. The summed E-state index contributed by atoms with van der Waals surface area (Å²) in [5.41, 5.74) is 0.202. The Bertz CT molecular complexity index is 787. The van der Waals surface area contributed by atoms with Gasteiger partial charge in [-0.1, -0.05) is 13.3 Å². The number of benzene rings is 1. The van der Waals surface area contributed by atoms with E-state index in [1.807, 2.05) is 13.8 Å². The quantitative estimate of drug-likeness (QED) is 0.610. The van der Waals surface area contributed by atoms with Gasteiger partial charge >= 0.3 is 6.18 Å². The largest absolute Gasteiger partial charge is 0.489 e. The number of carbonyl (C=O) groups is 1. The van der Waals surface area contributed by atoms with E-state index < -0.39 is 17.6 Å². The van der Waals surface area contributed by atoms with E-state index in [2.05, 4.69) is 5.32 Å². The molecule has 0 radical (unpaired) electrons. The van der Waals surface area contributed by atoms with Crippen molar-refractivity contribution in [1.82, 2.24) is 0 Å². The minimum absolute atomic E-state index is 0.0194. The van der Waals surface area contributed by atoms with E-state index in [1.165, 1.54) is 24.5 Å². The first-order valence-electron chi connectivity index (χ1n) is 8.50. The topological polar surface area (TPSA) is 47.6 Å². The Hall–Kier alpha value is -2.06. The second-order valence-electron chi connectivity index (χ2n) is 5.95. The average Bonchev–Trinajstić information content (AvgIpc) is 2.97. The minimum Gasteiger partial charge on any atom is -0.489 e. The molecular weight excluding hydrogens is 379 g/mol. The summed E-state index contributed by atoms with van der Waals surface area (Å²) in [4.78, 5) is 14.0. The van der Waals surface area contributed by atoms with E-state index >= 15 is 0 Å². The van der Waals surface area contributed by atoms with Crippen LogP contribution in [-0.2, 0) is 17.3 Å². The Morgan fingerprint density at radius 2 is 1.96 bits per heavy atom. The second-order valence-corrected chi connectivity index (χ2v) is 7.20. The van der Waals surface area contributed by atoms with Crippen molar-refractivity contribution in [1.29, 1.82) is 0 Å². The molecule has 1 N–H and O–H groups in total. The maximum Gasteiger partial charge on any atom is 0.416 e. The summed E-state index contributed by atoms with van der Waals surface area (Å²) < 4.78 is 49.4. The molecule has 0 spiro atoms. The molecule has 0 saturated carbocycles. The monoisotopic (exact) mass is 401 g/mol. The molecule has 0 aliphatic rings. The molecule has 0 aliphatic carbocycles. The van der Waals surface area contributed by atoms with E-state index in [9.17, 15) is 18.0 Å². The van der Waals surface area contributed by atoms with Crippen LogP contribution in [0.15, 0.2) is 24.3 Å². The Kier molecular flexibility index (Phi) is 7.26. The lowest BCUT2D eigenvalue weighted by Crippen LogP contribution is -2.14. The van der Waals surface area contributed by atoms with Crippen LogP contribution in [0.2, 0.25) is 0 Å². The van der Waals surface area contributed by atoms with E-state index in [4.69, 9.17) is 9.47 Å². The third-order valence-electron chi connectivity index (χ3n) is 3.86. The molecule has 0 bridgehead atoms. The maximum atomic E-state index is 13.0. The number of carbonyl (C=O) groups excluding carboxylic acids is 1. The van der Waals surface area contributed by atoms with Crippen LogP contribution in [0.1, 0.15) is 39.0 Å². The zero-order chi connectivity index (χ0) is 20.0. The molecular formula is C19H22F3NO3S. The third-order valence-corrected chi connectivity index (χ3v) is 4.96. The van der Waals surface area contributed by atoms with Gasteiger partial charge in [-0.15, -0.1) is 11.3 Å². The summed E-state index contributed by atoms with van der Waals surface area (Å²) in [6, 6.07) is 4.80. The average molecular weight is 401 g/mol. The normalized spacial score (nSPS) is 11.5. The number of thiophene rings is 1. The van der Waals surface area contributed by atoms with Gasteiger partial charge in [-0.3, -0.25) is 4.79 Å². The zero-order valence-electron chi connectivity index (χ0n) is 15.4. The van der Waals surface area contributed by atoms with Crippen molar-refractivity contribution in [2.45, 2.75) is 32.9 Å². The highest BCUT2D eigenvalue weighted by Crippen LogP contribution is 2.35. The Labute approximate surface area is 160 Å². The van der Waals surface area contributed by atoms with E-state index in [0.717, 1.165) is 35.4 Å². The van der Waals surface area contributed by atoms with Crippen molar-refractivity contribution < 1.29 is 27.4 Å². The van der Waals surface area contributed by atoms with Crippen molar-refractivity contribution in [3.05, 3.63) is 45.1 Å². The molecule has 1 aromatic carbocycles. The SMILES string of the molecule is CCCc1cc(C(=O)Nc2cc(C(F)(F)F)ccc2OCCOC)sc1C. The Morgan fingerprint density at radius 1 is 1.22 bits per heavy atom. The molecule has 0 unspecified atom stereocenters. The smallest absolute Gasteiger partial charge is 0.416 e. The molecule has 2 aromatic rings. The Morgan fingerprint density at radius 3 is 2.59 bits per heavy atom. The number of halogens is 3. The minimum atomic E-state index is -4.52. The lowest BCUT2D eigenvalue weighted by molar-refractivity contribution is -0.137. The molecule has 27 heavy (non-hydrogen) atoms. The first-order valence-corrected chi connectivity index (χ1v) is 9.31. The first-order chi connectivity index (χ1) is 12.8. The molecule has 0 aliphatic heterocycles. The summed E-state index contributed by atoms with van der Waals surface area (Å²) in [7, 11) is 1.49. The summed E-state index contributed by atoms with van der Waals surface area (Å²) in [5, 5.41) is 2.55. The fourth-order valence-electron chi connectivity index (χ4n) is 2.50. The van der Waals surface area contributed by atoms with Crippen LogP contribution >= 0.6 is 11.3 Å². The van der Waals surface area contributed by atoms with Crippen LogP contribution in [0, 0.1) is 6.92 Å². The fourth-order valence-corrected chi connectivity index (χ4v) is 3.46. The van der Waals surface area contributed by atoms with Gasteiger partial charge in [0.15, 0.2) is 0 Å². The van der Waals surface area contributed by atoms with Gasteiger partial charge in [-0.25, -0.2) is 0 Å². The molecule has 1 amide bonds. The molecule has 8 heteroatoms. The van der Waals surface area contributed by atoms with E-state index in [-0.39, 0.29) is 24.7 Å². The predicted molar refractivity (Wildman–Crippen MR) is 99.8 cm³/mol. The summed E-state index contributed by atoms with van der Waals surface area (Å²) in [5.74, 6) is -0.295. The molecule has 0 saturated heterocycles. The fraction of sp³-hybridized carbons (Fsp3) is 0.421. The first kappa shape index (κ1) is 21.2. The molecule has 2 rings (SSSR count). The summed E-state index contributed by atoms with van der Waals surface area (Å²) >= 11 is 1.32. The van der Waals surface area contributed by atoms with Crippen molar-refractivity contribution in [2.24, 2.45) is 0 Å². The number of anilines is 1. The number of alkyl halides is 3. The number of aryl methyl sites for hydroxylation is 2. The van der Waals surface area contributed by atoms with Crippen LogP contribution in [0.3, 0.4) is 0 Å². The summed E-state index contributed by atoms with van der Waals surface area (Å²) in [6.07, 6.45) is -2.72. The number of hydrogen-bond donors (Lipinski definition) is 1. The maximum absolute atomic E-state index is 13.0. The Balaban J connectivity index is 2.27. The number of ether oxygens (including phenoxy) is 2. The standard InChI is InChI=1S/C19H22F3NO3S/c1-4-5-13-10-17(27-12(13)2)18(24)23-15-11-14(19(20,21)22)6-7-16(15)26-9-8-25-3/h6-7,10-11H,4-5,8-9H2,1-3H3,(H,23,24). The van der Waals surface area contributed by atoms with Gasteiger partial charge in [0.2, 0.25) is 0 Å². The molecule has 1 aromatic heterocycles. The number of rotatable bonds is 8. The van der Waals surface area contributed by atoms with Crippen LogP contribution in [0.25, 0.3) is 0 Å². The zero-order valence-corrected chi connectivity index (χ0v) is 16.2. The number of nitrogens with one attached hydrogen (secondary N) is 1. The van der Waals surface area contributed by atoms with Crippen LogP contribution in [-0.4, -0.2) is 26.2 Å². The van der Waals surface area contributed by atoms with E-state index in [1.54, 1.807) is 6.07 Å². The highest BCUT2D eigenvalue weighted by molar-refractivity contribution is 7.14. The number of hydrogen-bond acceptors (Lipinski definition) is 4. The van der Waals surface area contributed by atoms with Gasteiger partial charge in [0, 0.05) is 12.0 Å². The van der Waals surface area contributed by atoms with Crippen molar-refractivity contribution in [3.8, 4) is 5.75 Å². The van der Waals surface area contributed by atoms with Crippen molar-refractivity contribution >= 4 is 22.9 Å². The van der Waals surface area contributed by atoms with Gasteiger partial charge in [-0.05, 0) is 43.2 Å². The number of methoxy groups -OCH3 is 1. The summed E-state index contributed by atoms with van der Waals surface area (Å²) in [6.45, 7) is 4.40. The highest BCUT2D eigenvalue weighted by atomic mass is 32.1. The number of amides is 1. The third kappa shape index (κ3) is 5.71. The van der Waals surface area contributed by atoms with Crippen LogP contribution < -0.4 is 10.1 Å². The molecule has 0 atom stereocenters. The van der Waals surface area contributed by atoms with Gasteiger partial charge in [0.1, 0.15) is 12.4 Å². The molecule has 148 valence electrons. The molecule has 4 nitrogen and oxygen atoms in total. The van der Waals surface area contributed by atoms with Crippen LogP contribution in [0.5, 0.6) is 5.75 Å². The van der Waals surface area contributed by atoms with E-state index in [0.29, 0.717) is 4.88 Å². The van der Waals surface area contributed by atoms with Gasteiger partial charge in [-0.2, -0.15) is 13.2 Å². The van der Waals surface area contributed by atoms with Crippen molar-refractivity contribution in [3.63, 3.8) is 0 Å². The predicted octanol–water partition coefficient (Wildman–Crippen LogP) is 5.31.